The smallest absolute Gasteiger partial charge is 0.243 e. The van der Waals surface area contributed by atoms with Crippen LogP contribution < -0.4 is 5.32 Å². The highest BCUT2D eigenvalue weighted by molar-refractivity contribution is 7.89. The molecule has 2 saturated heterocycles. The molecule has 1 aromatic rings. The third-order valence-corrected chi connectivity index (χ3v) is 7.99. The fourth-order valence-corrected chi connectivity index (χ4v) is 5.71. The van der Waals surface area contributed by atoms with Crippen molar-refractivity contribution < 1.29 is 13.2 Å². The van der Waals surface area contributed by atoms with E-state index in [4.69, 9.17) is 0 Å². The van der Waals surface area contributed by atoms with Crippen molar-refractivity contribution in [3.63, 3.8) is 0 Å². The molecule has 0 aromatic heterocycles. The molecule has 1 aromatic carbocycles. The van der Waals surface area contributed by atoms with Gasteiger partial charge in [-0.25, -0.2) is 8.42 Å². The molecule has 2 aliphatic heterocycles. The molecule has 0 spiro atoms. The summed E-state index contributed by atoms with van der Waals surface area (Å²) in [7, 11) is -3.42. The van der Waals surface area contributed by atoms with Crippen LogP contribution in [0.25, 0.3) is 0 Å². The molecule has 156 valence electrons. The van der Waals surface area contributed by atoms with Crippen molar-refractivity contribution >= 4 is 15.9 Å². The Labute approximate surface area is 169 Å². The molecule has 6 nitrogen and oxygen atoms in total. The SMILES string of the molecule is C[C@@H](CCNC(=O)CC1CCN(S(=O)(=O)c2ccccc2)CC1)N1CCCC1. The quantitative estimate of drug-likeness (QED) is 0.719. The lowest BCUT2D eigenvalue weighted by Gasteiger charge is -2.31. The molecule has 0 saturated carbocycles. The van der Waals surface area contributed by atoms with Crippen molar-refractivity contribution in [2.75, 3.05) is 32.7 Å². The maximum Gasteiger partial charge on any atom is 0.243 e. The van der Waals surface area contributed by atoms with E-state index in [-0.39, 0.29) is 11.8 Å². The van der Waals surface area contributed by atoms with Crippen molar-refractivity contribution in [3.05, 3.63) is 30.3 Å². The molecule has 1 amide bonds. The van der Waals surface area contributed by atoms with E-state index in [1.165, 1.54) is 25.9 Å². The fraction of sp³-hybridized carbons (Fsp3) is 0.667. The summed E-state index contributed by atoms with van der Waals surface area (Å²) in [6.45, 7) is 6.29. The minimum Gasteiger partial charge on any atom is -0.356 e. The number of piperidine rings is 1. The molecule has 2 fully saturated rings. The van der Waals surface area contributed by atoms with Crippen molar-refractivity contribution in [1.29, 1.82) is 0 Å². The standard InChI is InChI=1S/C21H33N3O3S/c1-18(23-13-5-6-14-23)9-12-22-21(25)17-19-10-15-24(16-11-19)28(26,27)20-7-3-2-4-8-20/h2-4,7-8,18-19H,5-6,9-17H2,1H3,(H,22,25)/t18-/m0/s1. The lowest BCUT2D eigenvalue weighted by atomic mass is 9.94. The first-order valence-corrected chi connectivity index (χ1v) is 12.0. The third-order valence-electron chi connectivity index (χ3n) is 6.08. The van der Waals surface area contributed by atoms with Crippen molar-refractivity contribution in [2.24, 2.45) is 5.92 Å². The van der Waals surface area contributed by atoms with E-state index in [9.17, 15) is 13.2 Å². The van der Waals surface area contributed by atoms with E-state index in [0.717, 1.165) is 25.8 Å². The van der Waals surface area contributed by atoms with E-state index in [1.807, 2.05) is 6.07 Å². The van der Waals surface area contributed by atoms with Gasteiger partial charge < -0.3 is 10.2 Å². The van der Waals surface area contributed by atoms with E-state index in [2.05, 4.69) is 17.1 Å². The number of rotatable bonds is 8. The molecule has 0 aliphatic carbocycles. The van der Waals surface area contributed by atoms with Gasteiger partial charge in [0.1, 0.15) is 0 Å². The Bertz CT molecular complexity index is 725. The Morgan fingerprint density at radius 2 is 1.75 bits per heavy atom. The molecule has 0 bridgehead atoms. The van der Waals surface area contributed by atoms with Gasteiger partial charge in [0, 0.05) is 32.1 Å². The molecule has 0 unspecified atom stereocenters. The average Bonchev–Trinajstić information content (AvgIpc) is 3.24. The molecular weight excluding hydrogens is 374 g/mol. The van der Waals surface area contributed by atoms with Crippen molar-refractivity contribution in [3.8, 4) is 0 Å². The van der Waals surface area contributed by atoms with Crippen LogP contribution >= 0.6 is 0 Å². The first-order valence-electron chi connectivity index (χ1n) is 10.5. The van der Waals surface area contributed by atoms with Crippen LogP contribution in [0.15, 0.2) is 35.2 Å². The number of benzene rings is 1. The lowest BCUT2D eigenvalue weighted by Crippen LogP contribution is -2.40. The molecule has 2 heterocycles. The molecule has 1 atom stereocenters. The zero-order valence-electron chi connectivity index (χ0n) is 16.8. The minimum absolute atomic E-state index is 0.0954. The summed E-state index contributed by atoms with van der Waals surface area (Å²) in [6.07, 6.45) is 5.54. The fourth-order valence-electron chi connectivity index (χ4n) is 4.22. The van der Waals surface area contributed by atoms with Crippen molar-refractivity contribution in [2.45, 2.75) is 56.4 Å². The van der Waals surface area contributed by atoms with Gasteiger partial charge in [-0.1, -0.05) is 18.2 Å². The van der Waals surface area contributed by atoms with Crippen LogP contribution in [0.1, 0.15) is 45.4 Å². The first-order chi connectivity index (χ1) is 13.5. The third kappa shape index (κ3) is 5.55. The highest BCUT2D eigenvalue weighted by atomic mass is 32.2. The Morgan fingerprint density at radius 3 is 2.39 bits per heavy atom. The van der Waals surface area contributed by atoms with E-state index < -0.39 is 10.0 Å². The van der Waals surface area contributed by atoms with Crippen LogP contribution in [0.3, 0.4) is 0 Å². The molecule has 0 radical (unpaired) electrons. The molecule has 7 heteroatoms. The van der Waals surface area contributed by atoms with E-state index >= 15 is 0 Å². The average molecular weight is 408 g/mol. The summed E-state index contributed by atoms with van der Waals surface area (Å²) in [5.74, 6) is 0.358. The number of nitrogens with zero attached hydrogens (tertiary/aromatic N) is 2. The zero-order valence-corrected chi connectivity index (χ0v) is 17.7. The second-order valence-corrected chi connectivity index (χ2v) is 10.0. The van der Waals surface area contributed by atoms with Gasteiger partial charge in [-0.2, -0.15) is 4.31 Å². The van der Waals surface area contributed by atoms with Crippen LogP contribution in [0.2, 0.25) is 0 Å². The Kier molecular flexibility index (Phi) is 7.48. The maximum absolute atomic E-state index is 12.7. The van der Waals surface area contributed by atoms with Crippen LogP contribution in [0, 0.1) is 5.92 Å². The summed E-state index contributed by atoms with van der Waals surface area (Å²) >= 11 is 0. The number of carbonyl (C=O) groups is 1. The van der Waals surface area contributed by atoms with Crippen LogP contribution in [0.5, 0.6) is 0 Å². The summed E-state index contributed by atoms with van der Waals surface area (Å²) in [5, 5.41) is 3.05. The van der Waals surface area contributed by atoms with Gasteiger partial charge >= 0.3 is 0 Å². The van der Waals surface area contributed by atoms with Gasteiger partial charge in [0.2, 0.25) is 15.9 Å². The number of hydrogen-bond donors (Lipinski definition) is 1. The molecular formula is C21H33N3O3S. The number of sulfonamides is 1. The Balaban J connectivity index is 1.37. The summed E-state index contributed by atoms with van der Waals surface area (Å²) in [4.78, 5) is 15.1. The molecule has 3 rings (SSSR count). The molecule has 28 heavy (non-hydrogen) atoms. The van der Waals surface area contributed by atoms with Crippen LogP contribution in [-0.4, -0.2) is 62.3 Å². The van der Waals surface area contributed by atoms with E-state index in [0.29, 0.717) is 30.4 Å². The minimum atomic E-state index is -3.42. The van der Waals surface area contributed by atoms with Gasteiger partial charge in [0.05, 0.1) is 4.90 Å². The van der Waals surface area contributed by atoms with Gasteiger partial charge in [-0.3, -0.25) is 4.79 Å². The largest absolute Gasteiger partial charge is 0.356 e. The highest BCUT2D eigenvalue weighted by Crippen LogP contribution is 2.25. The summed E-state index contributed by atoms with van der Waals surface area (Å²) < 4.78 is 26.9. The number of nitrogens with one attached hydrogen (secondary N) is 1. The Hall–Kier alpha value is -1.44. The zero-order chi connectivity index (χ0) is 20.0. The second kappa shape index (κ2) is 9.85. The first kappa shape index (κ1) is 21.3. The molecule has 1 N–H and O–H groups in total. The highest BCUT2D eigenvalue weighted by Gasteiger charge is 2.30. The maximum atomic E-state index is 12.7. The second-order valence-electron chi connectivity index (χ2n) is 8.10. The van der Waals surface area contributed by atoms with Crippen LogP contribution in [0.4, 0.5) is 0 Å². The predicted octanol–water partition coefficient (Wildman–Crippen LogP) is 2.47. The van der Waals surface area contributed by atoms with Gasteiger partial charge in [-0.05, 0) is 70.2 Å². The molecule has 2 aliphatic rings. The Morgan fingerprint density at radius 1 is 1.11 bits per heavy atom. The predicted molar refractivity (Wildman–Crippen MR) is 110 cm³/mol. The number of hydrogen-bond acceptors (Lipinski definition) is 4. The lowest BCUT2D eigenvalue weighted by molar-refractivity contribution is -0.122. The number of likely N-dealkylation sites (tertiary alicyclic amines) is 1. The number of amides is 1. The van der Waals surface area contributed by atoms with E-state index in [1.54, 1.807) is 28.6 Å². The normalized spacial score (nSPS) is 20.9. The van der Waals surface area contributed by atoms with Gasteiger partial charge in [0.25, 0.3) is 0 Å². The monoisotopic (exact) mass is 407 g/mol. The number of carbonyl (C=O) groups excluding carboxylic acids is 1. The van der Waals surface area contributed by atoms with Crippen LogP contribution in [-0.2, 0) is 14.8 Å². The van der Waals surface area contributed by atoms with Crippen molar-refractivity contribution in [1.82, 2.24) is 14.5 Å². The van der Waals surface area contributed by atoms with Gasteiger partial charge in [0.15, 0.2) is 0 Å². The summed E-state index contributed by atoms with van der Waals surface area (Å²) in [5.41, 5.74) is 0. The summed E-state index contributed by atoms with van der Waals surface area (Å²) in [6, 6.07) is 9.10. The van der Waals surface area contributed by atoms with Gasteiger partial charge in [-0.15, -0.1) is 0 Å². The topological polar surface area (TPSA) is 69.7 Å².